The second kappa shape index (κ2) is 9.88. The van der Waals surface area contributed by atoms with Crippen LogP contribution in [0.5, 0.6) is 0 Å². The van der Waals surface area contributed by atoms with Crippen LogP contribution in [0.15, 0.2) is 54.6 Å². The van der Waals surface area contributed by atoms with Crippen molar-refractivity contribution in [3.05, 3.63) is 71.3 Å². The van der Waals surface area contributed by atoms with Gasteiger partial charge in [0.15, 0.2) is 6.04 Å². The summed E-state index contributed by atoms with van der Waals surface area (Å²) in [4.78, 5) is 24.5. The third-order valence-corrected chi connectivity index (χ3v) is 4.80. The minimum Gasteiger partial charge on any atom is -0.341 e. The molecule has 0 radical (unpaired) electrons. The first-order chi connectivity index (χ1) is 13.0. The molecule has 0 heterocycles. The Hall–Kier alpha value is -2.66. The number of quaternary nitrogens is 1. The minimum atomic E-state index is -0.512. The van der Waals surface area contributed by atoms with Crippen LogP contribution in [0, 0.1) is 5.92 Å². The van der Waals surface area contributed by atoms with Crippen LogP contribution in [-0.4, -0.2) is 19.0 Å². The lowest BCUT2D eigenvalue weighted by molar-refractivity contribution is -0.728. The quantitative estimate of drug-likeness (QED) is 0.703. The zero-order chi connectivity index (χ0) is 19.8. The van der Waals surface area contributed by atoms with Crippen LogP contribution < -0.4 is 16.0 Å². The minimum absolute atomic E-state index is 0.0940. The van der Waals surface area contributed by atoms with Crippen LogP contribution in [0.4, 0.5) is 4.79 Å². The number of carbonyl (C=O) groups is 2. The number of nitrogens with one attached hydrogen (secondary N) is 2. The van der Waals surface area contributed by atoms with Crippen LogP contribution in [-0.2, 0) is 11.2 Å². The highest BCUT2D eigenvalue weighted by molar-refractivity contribution is 5.96. The molecule has 2 aromatic rings. The summed E-state index contributed by atoms with van der Waals surface area (Å²) in [6.45, 7) is 6.43. The first kappa shape index (κ1) is 20.6. The molecule has 0 aliphatic carbocycles. The number of hydrogen-bond acceptors (Lipinski definition) is 2. The number of urea groups is 1. The van der Waals surface area contributed by atoms with E-state index in [-0.39, 0.29) is 11.9 Å². The summed E-state index contributed by atoms with van der Waals surface area (Å²) >= 11 is 0. The number of benzene rings is 2. The van der Waals surface area contributed by atoms with Gasteiger partial charge in [0.2, 0.25) is 0 Å². The SMILES string of the molecule is CCc1ccc([C@H]([NH2+][C@@H](C(=O)NC(=O)NC)c2ccccc2)C(C)C)cc1. The maximum absolute atomic E-state index is 12.8. The Morgan fingerprint density at radius 1 is 0.963 bits per heavy atom. The average molecular weight is 369 g/mol. The highest BCUT2D eigenvalue weighted by Crippen LogP contribution is 2.21. The van der Waals surface area contributed by atoms with Crippen molar-refractivity contribution in [2.45, 2.75) is 39.3 Å². The van der Waals surface area contributed by atoms with E-state index < -0.39 is 12.1 Å². The fraction of sp³-hybridized carbons (Fsp3) is 0.364. The van der Waals surface area contributed by atoms with Gasteiger partial charge in [-0.05, 0) is 12.0 Å². The maximum Gasteiger partial charge on any atom is 0.321 e. The molecule has 0 spiro atoms. The molecule has 0 fully saturated rings. The third kappa shape index (κ3) is 5.66. The van der Waals surface area contributed by atoms with Gasteiger partial charge >= 0.3 is 6.03 Å². The fourth-order valence-corrected chi connectivity index (χ4v) is 3.16. The van der Waals surface area contributed by atoms with Crippen molar-refractivity contribution in [2.24, 2.45) is 5.92 Å². The molecule has 0 unspecified atom stereocenters. The third-order valence-electron chi connectivity index (χ3n) is 4.80. The van der Waals surface area contributed by atoms with Crippen LogP contribution in [0.3, 0.4) is 0 Å². The Morgan fingerprint density at radius 2 is 1.59 bits per heavy atom. The van der Waals surface area contributed by atoms with E-state index in [0.29, 0.717) is 5.92 Å². The molecule has 27 heavy (non-hydrogen) atoms. The number of carbonyl (C=O) groups excluding carboxylic acids is 2. The monoisotopic (exact) mass is 368 g/mol. The van der Waals surface area contributed by atoms with Gasteiger partial charge in [0, 0.05) is 24.1 Å². The summed E-state index contributed by atoms with van der Waals surface area (Å²) in [5.41, 5.74) is 3.34. The molecule has 2 aromatic carbocycles. The summed E-state index contributed by atoms with van der Waals surface area (Å²) in [5.74, 6) is -0.00660. The zero-order valence-electron chi connectivity index (χ0n) is 16.5. The Labute approximate surface area is 161 Å². The van der Waals surface area contributed by atoms with Crippen molar-refractivity contribution in [1.29, 1.82) is 0 Å². The van der Waals surface area contributed by atoms with Gasteiger partial charge in [0.1, 0.15) is 6.04 Å². The van der Waals surface area contributed by atoms with Crippen LogP contribution in [0.1, 0.15) is 49.5 Å². The van der Waals surface area contributed by atoms with Crippen LogP contribution in [0.25, 0.3) is 0 Å². The molecule has 0 aliphatic rings. The first-order valence-corrected chi connectivity index (χ1v) is 9.47. The molecule has 5 heteroatoms. The Morgan fingerprint density at radius 3 is 2.11 bits per heavy atom. The zero-order valence-corrected chi connectivity index (χ0v) is 16.5. The van der Waals surface area contributed by atoms with E-state index in [1.54, 1.807) is 0 Å². The average Bonchev–Trinajstić information content (AvgIpc) is 2.69. The van der Waals surface area contributed by atoms with Crippen molar-refractivity contribution in [1.82, 2.24) is 10.6 Å². The predicted molar refractivity (Wildman–Crippen MR) is 107 cm³/mol. The molecule has 5 nitrogen and oxygen atoms in total. The molecule has 2 atom stereocenters. The summed E-state index contributed by atoms with van der Waals surface area (Å²) < 4.78 is 0. The molecular weight excluding hydrogens is 338 g/mol. The van der Waals surface area contributed by atoms with Gasteiger partial charge in [-0.2, -0.15) is 0 Å². The van der Waals surface area contributed by atoms with Gasteiger partial charge in [-0.25, -0.2) is 4.79 Å². The smallest absolute Gasteiger partial charge is 0.321 e. The van der Waals surface area contributed by atoms with E-state index in [0.717, 1.165) is 12.0 Å². The van der Waals surface area contributed by atoms with Crippen molar-refractivity contribution in [3.8, 4) is 0 Å². The molecule has 0 saturated carbocycles. The fourth-order valence-electron chi connectivity index (χ4n) is 3.16. The molecule has 0 aromatic heterocycles. The van der Waals surface area contributed by atoms with E-state index in [9.17, 15) is 9.59 Å². The molecule has 2 rings (SSSR count). The second-order valence-corrected chi connectivity index (χ2v) is 7.01. The molecule has 0 saturated heterocycles. The lowest BCUT2D eigenvalue weighted by Crippen LogP contribution is -2.89. The summed E-state index contributed by atoms with van der Waals surface area (Å²) in [7, 11) is 1.50. The van der Waals surface area contributed by atoms with Crippen molar-refractivity contribution in [2.75, 3.05) is 7.05 Å². The van der Waals surface area contributed by atoms with Gasteiger partial charge in [-0.15, -0.1) is 0 Å². The first-order valence-electron chi connectivity index (χ1n) is 9.47. The van der Waals surface area contributed by atoms with Crippen molar-refractivity contribution in [3.63, 3.8) is 0 Å². The van der Waals surface area contributed by atoms with Crippen LogP contribution >= 0.6 is 0 Å². The van der Waals surface area contributed by atoms with E-state index >= 15 is 0 Å². The van der Waals surface area contributed by atoms with Crippen molar-refractivity contribution < 1.29 is 14.9 Å². The number of rotatable bonds is 7. The lowest BCUT2D eigenvalue weighted by Gasteiger charge is -2.25. The van der Waals surface area contributed by atoms with Gasteiger partial charge in [-0.3, -0.25) is 10.1 Å². The summed E-state index contributed by atoms with van der Waals surface area (Å²) in [5, 5.41) is 6.91. The number of aryl methyl sites for hydroxylation is 1. The van der Waals surface area contributed by atoms with Gasteiger partial charge in [-0.1, -0.05) is 75.4 Å². The highest BCUT2D eigenvalue weighted by atomic mass is 16.2. The predicted octanol–water partition coefficient (Wildman–Crippen LogP) is 2.71. The van der Waals surface area contributed by atoms with E-state index in [4.69, 9.17) is 0 Å². The van der Waals surface area contributed by atoms with Gasteiger partial charge in [0.05, 0.1) is 0 Å². The molecular formula is C22H30N3O2+. The molecule has 4 N–H and O–H groups in total. The summed E-state index contributed by atoms with van der Waals surface area (Å²) in [6.07, 6.45) is 0.998. The topological polar surface area (TPSA) is 74.8 Å². The Kier molecular flexibility index (Phi) is 7.55. The van der Waals surface area contributed by atoms with E-state index in [1.807, 2.05) is 30.3 Å². The largest absolute Gasteiger partial charge is 0.341 e. The molecule has 144 valence electrons. The number of imide groups is 1. The molecule has 0 aliphatic heterocycles. The van der Waals surface area contributed by atoms with Gasteiger partial charge < -0.3 is 10.6 Å². The van der Waals surface area contributed by atoms with E-state index in [2.05, 4.69) is 61.0 Å². The maximum atomic E-state index is 12.8. The molecule has 0 bridgehead atoms. The highest BCUT2D eigenvalue weighted by Gasteiger charge is 2.31. The van der Waals surface area contributed by atoms with E-state index in [1.165, 1.54) is 18.2 Å². The van der Waals surface area contributed by atoms with Gasteiger partial charge in [0.25, 0.3) is 5.91 Å². The molecule has 3 amide bonds. The standard InChI is InChI=1S/C22H29N3O2/c1-5-16-11-13-18(14-12-16)19(15(2)3)24-20(17-9-7-6-8-10-17)21(26)25-22(27)23-4/h6-15,19-20,24H,5H2,1-4H3,(H2,23,25,26,27)/p+1/t19-,20-/m1/s1. The second-order valence-electron chi connectivity index (χ2n) is 7.01. The van der Waals surface area contributed by atoms with Crippen molar-refractivity contribution >= 4 is 11.9 Å². The number of nitrogens with two attached hydrogens (primary N) is 1. The number of hydrogen-bond donors (Lipinski definition) is 3. The Bertz CT molecular complexity index is 742. The van der Waals surface area contributed by atoms with Crippen LogP contribution in [0.2, 0.25) is 0 Å². The Balaban J connectivity index is 2.32. The number of amides is 3. The lowest BCUT2D eigenvalue weighted by atomic mass is 9.93. The normalized spacial score (nSPS) is 13.1. The summed E-state index contributed by atoms with van der Waals surface area (Å²) in [6, 6.07) is 17.2.